The second-order valence-corrected chi connectivity index (χ2v) is 5.16. The number of piperidine rings is 1. The minimum atomic E-state index is 0.671. The van der Waals surface area contributed by atoms with Crippen molar-refractivity contribution in [3.63, 3.8) is 0 Å². The van der Waals surface area contributed by atoms with E-state index >= 15 is 0 Å². The lowest BCUT2D eigenvalue weighted by molar-refractivity contribution is 0.0952. The Bertz CT molecular complexity index is 361. The molecule has 2 heteroatoms. The molecule has 17 heavy (non-hydrogen) atoms. The molecule has 1 aromatic rings. The van der Waals surface area contributed by atoms with Crippen molar-refractivity contribution in [3.05, 3.63) is 35.4 Å². The van der Waals surface area contributed by atoms with Crippen molar-refractivity contribution in [2.24, 2.45) is 0 Å². The van der Waals surface area contributed by atoms with Gasteiger partial charge in [0, 0.05) is 24.2 Å². The number of likely N-dealkylation sites (tertiary alicyclic amines) is 1. The average Bonchev–Trinajstić information content (AvgIpc) is 2.35. The van der Waals surface area contributed by atoms with E-state index in [0.29, 0.717) is 12.1 Å². The van der Waals surface area contributed by atoms with Crippen LogP contribution in [-0.2, 0) is 6.54 Å². The third-order valence-electron chi connectivity index (χ3n) is 3.86. The number of hydrogen-bond acceptors (Lipinski definition) is 2. The zero-order valence-electron chi connectivity index (χ0n) is 10.7. The molecule has 0 amide bonds. The smallest absolute Gasteiger partial charge is 0.150 e. The predicted molar refractivity (Wildman–Crippen MR) is 70.1 cm³/mol. The molecule has 0 aliphatic carbocycles. The molecule has 2 atom stereocenters. The van der Waals surface area contributed by atoms with Crippen molar-refractivity contribution in [1.29, 1.82) is 0 Å². The highest BCUT2D eigenvalue weighted by Crippen LogP contribution is 2.24. The molecule has 0 spiro atoms. The Labute approximate surface area is 104 Å². The highest BCUT2D eigenvalue weighted by Gasteiger charge is 2.24. The van der Waals surface area contributed by atoms with Gasteiger partial charge in [0.1, 0.15) is 6.29 Å². The molecule has 0 unspecified atom stereocenters. The number of carbonyl (C=O) groups is 1. The molecule has 1 aliphatic heterocycles. The van der Waals surface area contributed by atoms with Crippen LogP contribution in [0.1, 0.15) is 49.0 Å². The standard InChI is InChI=1S/C15H21NO/c1-12-4-3-5-13(2)16(12)10-14-6-8-15(11-17)9-7-14/h6-9,11-13H,3-5,10H2,1-2H3/t12-,13+. The van der Waals surface area contributed by atoms with Gasteiger partial charge in [-0.05, 0) is 32.3 Å². The summed E-state index contributed by atoms with van der Waals surface area (Å²) < 4.78 is 0. The molecule has 0 radical (unpaired) electrons. The molecule has 1 aliphatic rings. The molecular weight excluding hydrogens is 210 g/mol. The molecule has 1 aromatic carbocycles. The number of aldehydes is 1. The van der Waals surface area contributed by atoms with Crippen LogP contribution in [0, 0.1) is 0 Å². The maximum atomic E-state index is 10.6. The molecule has 0 saturated carbocycles. The quantitative estimate of drug-likeness (QED) is 0.744. The maximum Gasteiger partial charge on any atom is 0.150 e. The summed E-state index contributed by atoms with van der Waals surface area (Å²) in [5.41, 5.74) is 2.06. The molecule has 1 heterocycles. The normalized spacial score (nSPS) is 25.8. The number of hydrogen-bond donors (Lipinski definition) is 0. The molecular formula is C15H21NO. The third-order valence-corrected chi connectivity index (χ3v) is 3.86. The number of rotatable bonds is 3. The van der Waals surface area contributed by atoms with Crippen LogP contribution in [0.3, 0.4) is 0 Å². The van der Waals surface area contributed by atoms with E-state index in [1.807, 2.05) is 12.1 Å². The monoisotopic (exact) mass is 231 g/mol. The van der Waals surface area contributed by atoms with E-state index in [-0.39, 0.29) is 0 Å². The van der Waals surface area contributed by atoms with Gasteiger partial charge in [0.25, 0.3) is 0 Å². The summed E-state index contributed by atoms with van der Waals surface area (Å²) in [6.45, 7) is 5.63. The zero-order valence-corrected chi connectivity index (χ0v) is 10.7. The van der Waals surface area contributed by atoms with Crippen LogP contribution >= 0.6 is 0 Å². The Hall–Kier alpha value is -1.15. The Morgan fingerprint density at radius 3 is 2.29 bits per heavy atom. The van der Waals surface area contributed by atoms with Crippen LogP contribution in [0.2, 0.25) is 0 Å². The largest absolute Gasteiger partial charge is 0.298 e. The Morgan fingerprint density at radius 1 is 1.18 bits per heavy atom. The summed E-state index contributed by atoms with van der Waals surface area (Å²) in [6, 6.07) is 9.28. The minimum absolute atomic E-state index is 0.671. The van der Waals surface area contributed by atoms with Gasteiger partial charge in [0.05, 0.1) is 0 Å². The van der Waals surface area contributed by atoms with Crippen molar-refractivity contribution in [1.82, 2.24) is 4.90 Å². The Balaban J connectivity index is 2.05. The van der Waals surface area contributed by atoms with E-state index in [1.165, 1.54) is 24.8 Å². The van der Waals surface area contributed by atoms with Gasteiger partial charge in [-0.3, -0.25) is 9.69 Å². The Morgan fingerprint density at radius 2 is 1.76 bits per heavy atom. The first-order valence-electron chi connectivity index (χ1n) is 6.50. The van der Waals surface area contributed by atoms with Gasteiger partial charge < -0.3 is 0 Å². The summed E-state index contributed by atoms with van der Waals surface area (Å²) in [4.78, 5) is 13.2. The summed E-state index contributed by atoms with van der Waals surface area (Å²) in [7, 11) is 0. The van der Waals surface area contributed by atoms with Gasteiger partial charge in [-0.1, -0.05) is 30.7 Å². The summed E-state index contributed by atoms with van der Waals surface area (Å²) in [5.74, 6) is 0. The van der Waals surface area contributed by atoms with Crippen molar-refractivity contribution in [2.45, 2.75) is 51.7 Å². The molecule has 92 valence electrons. The van der Waals surface area contributed by atoms with E-state index in [1.54, 1.807) is 0 Å². The van der Waals surface area contributed by atoms with Crippen LogP contribution in [0.4, 0.5) is 0 Å². The first kappa shape index (κ1) is 12.3. The van der Waals surface area contributed by atoms with Crippen LogP contribution in [-0.4, -0.2) is 23.3 Å². The first-order chi connectivity index (χ1) is 8.20. The number of carbonyl (C=O) groups excluding carboxylic acids is 1. The van der Waals surface area contributed by atoms with Crippen LogP contribution < -0.4 is 0 Å². The minimum Gasteiger partial charge on any atom is -0.298 e. The second kappa shape index (κ2) is 5.46. The lowest BCUT2D eigenvalue weighted by Crippen LogP contribution is -2.42. The molecule has 2 rings (SSSR count). The van der Waals surface area contributed by atoms with Crippen molar-refractivity contribution >= 4 is 6.29 Å². The first-order valence-corrected chi connectivity index (χ1v) is 6.50. The Kier molecular flexibility index (Phi) is 3.95. The fourth-order valence-electron chi connectivity index (χ4n) is 2.70. The van der Waals surface area contributed by atoms with Gasteiger partial charge in [-0.25, -0.2) is 0 Å². The zero-order chi connectivity index (χ0) is 12.3. The van der Waals surface area contributed by atoms with Gasteiger partial charge in [-0.15, -0.1) is 0 Å². The van der Waals surface area contributed by atoms with Gasteiger partial charge >= 0.3 is 0 Å². The van der Waals surface area contributed by atoms with Crippen molar-refractivity contribution in [2.75, 3.05) is 0 Å². The lowest BCUT2D eigenvalue weighted by atomic mass is 9.96. The SMILES string of the molecule is C[C@@H]1CCC[C@H](C)N1Cc1ccc(C=O)cc1. The topological polar surface area (TPSA) is 20.3 Å². The van der Waals surface area contributed by atoms with E-state index in [4.69, 9.17) is 0 Å². The van der Waals surface area contributed by atoms with E-state index in [9.17, 15) is 4.79 Å². The average molecular weight is 231 g/mol. The van der Waals surface area contributed by atoms with Crippen molar-refractivity contribution in [3.8, 4) is 0 Å². The second-order valence-electron chi connectivity index (χ2n) is 5.16. The predicted octanol–water partition coefficient (Wildman–Crippen LogP) is 3.26. The molecule has 0 aromatic heterocycles. The lowest BCUT2D eigenvalue weighted by Gasteiger charge is -2.39. The summed E-state index contributed by atoms with van der Waals surface area (Å²) in [6.07, 6.45) is 4.85. The molecule has 1 saturated heterocycles. The van der Waals surface area contributed by atoms with Crippen LogP contribution in [0.15, 0.2) is 24.3 Å². The maximum absolute atomic E-state index is 10.6. The van der Waals surface area contributed by atoms with Crippen molar-refractivity contribution < 1.29 is 4.79 Å². The number of benzene rings is 1. The fourth-order valence-corrected chi connectivity index (χ4v) is 2.70. The molecule has 2 nitrogen and oxygen atoms in total. The van der Waals surface area contributed by atoms with E-state index in [2.05, 4.69) is 30.9 Å². The summed E-state index contributed by atoms with van der Waals surface area (Å²) in [5, 5.41) is 0. The fraction of sp³-hybridized carbons (Fsp3) is 0.533. The molecule has 0 bridgehead atoms. The number of nitrogens with zero attached hydrogens (tertiary/aromatic N) is 1. The van der Waals surface area contributed by atoms with Gasteiger partial charge in [0.2, 0.25) is 0 Å². The van der Waals surface area contributed by atoms with Gasteiger partial charge in [-0.2, -0.15) is 0 Å². The van der Waals surface area contributed by atoms with E-state index in [0.717, 1.165) is 18.4 Å². The highest BCUT2D eigenvalue weighted by molar-refractivity contribution is 5.74. The molecule has 0 N–H and O–H groups in total. The van der Waals surface area contributed by atoms with E-state index < -0.39 is 0 Å². The molecule has 1 fully saturated rings. The van der Waals surface area contributed by atoms with Gasteiger partial charge in [0.15, 0.2) is 0 Å². The summed E-state index contributed by atoms with van der Waals surface area (Å²) >= 11 is 0. The third kappa shape index (κ3) is 2.95. The highest BCUT2D eigenvalue weighted by atomic mass is 16.1. The van der Waals surface area contributed by atoms with Crippen LogP contribution in [0.25, 0.3) is 0 Å². The van der Waals surface area contributed by atoms with Crippen LogP contribution in [0.5, 0.6) is 0 Å².